The maximum Gasteiger partial charge on any atom is 0.228 e. The molecular formula is C21H18ClNO2. The molecule has 3 rings (SSSR count). The Kier molecular flexibility index (Phi) is 5.36. The van der Waals surface area contributed by atoms with Gasteiger partial charge in [-0.05, 0) is 60.5 Å². The Morgan fingerprint density at radius 1 is 0.960 bits per heavy atom. The van der Waals surface area contributed by atoms with Crippen LogP contribution >= 0.6 is 11.6 Å². The molecule has 0 radical (unpaired) electrons. The smallest absolute Gasteiger partial charge is 0.228 e. The van der Waals surface area contributed by atoms with E-state index in [1.54, 1.807) is 12.1 Å². The topological polar surface area (TPSA) is 38.3 Å². The summed E-state index contributed by atoms with van der Waals surface area (Å²) >= 11 is 5.85. The zero-order chi connectivity index (χ0) is 17.6. The van der Waals surface area contributed by atoms with Gasteiger partial charge in [0.25, 0.3) is 0 Å². The van der Waals surface area contributed by atoms with Crippen LogP contribution in [0.25, 0.3) is 0 Å². The molecule has 3 nitrogen and oxygen atoms in total. The van der Waals surface area contributed by atoms with Crippen molar-refractivity contribution in [3.8, 4) is 11.5 Å². The van der Waals surface area contributed by atoms with E-state index in [0.29, 0.717) is 11.4 Å². The highest BCUT2D eigenvalue weighted by molar-refractivity contribution is 6.30. The lowest BCUT2D eigenvalue weighted by Crippen LogP contribution is -2.14. The largest absolute Gasteiger partial charge is 0.457 e. The molecule has 1 N–H and O–H groups in total. The number of ether oxygens (including phenoxy) is 1. The van der Waals surface area contributed by atoms with Gasteiger partial charge in [-0.15, -0.1) is 0 Å². The Hall–Kier alpha value is -2.78. The van der Waals surface area contributed by atoms with Crippen LogP contribution in [0, 0.1) is 6.92 Å². The Labute approximate surface area is 152 Å². The molecule has 0 atom stereocenters. The van der Waals surface area contributed by atoms with Gasteiger partial charge in [0.2, 0.25) is 5.91 Å². The molecule has 25 heavy (non-hydrogen) atoms. The Bertz CT molecular complexity index is 858. The van der Waals surface area contributed by atoms with Gasteiger partial charge >= 0.3 is 0 Å². The van der Waals surface area contributed by atoms with Gasteiger partial charge in [-0.3, -0.25) is 4.79 Å². The van der Waals surface area contributed by atoms with Crippen molar-refractivity contribution >= 4 is 23.2 Å². The van der Waals surface area contributed by atoms with Gasteiger partial charge in [-0.1, -0.05) is 41.9 Å². The molecule has 0 bridgehead atoms. The van der Waals surface area contributed by atoms with Gasteiger partial charge in [-0.2, -0.15) is 0 Å². The summed E-state index contributed by atoms with van der Waals surface area (Å²) in [6.45, 7) is 2.00. The number of carbonyl (C=O) groups is 1. The molecule has 0 fully saturated rings. The van der Waals surface area contributed by atoms with Crippen molar-refractivity contribution in [2.24, 2.45) is 0 Å². The first kappa shape index (κ1) is 17.1. The molecule has 3 aromatic carbocycles. The standard InChI is InChI=1S/C21H18ClNO2/c1-15-4-2-3-5-20(15)25-19-12-10-18(11-13-19)23-21(24)14-16-6-8-17(22)9-7-16/h2-13H,14H2,1H3,(H,23,24). The maximum atomic E-state index is 12.1. The molecule has 0 unspecified atom stereocenters. The minimum absolute atomic E-state index is 0.0742. The fourth-order valence-corrected chi connectivity index (χ4v) is 2.52. The SMILES string of the molecule is Cc1ccccc1Oc1ccc(NC(=O)Cc2ccc(Cl)cc2)cc1. The minimum atomic E-state index is -0.0742. The van der Waals surface area contributed by atoms with Crippen molar-refractivity contribution in [1.82, 2.24) is 0 Å². The fourth-order valence-electron chi connectivity index (χ4n) is 2.40. The van der Waals surface area contributed by atoms with E-state index in [-0.39, 0.29) is 5.91 Å². The van der Waals surface area contributed by atoms with Crippen molar-refractivity contribution < 1.29 is 9.53 Å². The number of carbonyl (C=O) groups excluding carboxylic acids is 1. The Balaban J connectivity index is 1.59. The molecule has 3 aromatic rings. The number of amides is 1. The third-order valence-corrected chi connectivity index (χ3v) is 3.99. The van der Waals surface area contributed by atoms with Crippen molar-refractivity contribution in [2.45, 2.75) is 13.3 Å². The molecule has 4 heteroatoms. The van der Waals surface area contributed by atoms with E-state index in [2.05, 4.69) is 5.32 Å². The first-order valence-corrected chi connectivity index (χ1v) is 8.36. The first-order valence-electron chi connectivity index (χ1n) is 7.98. The van der Waals surface area contributed by atoms with Gasteiger partial charge in [0.15, 0.2) is 0 Å². The first-order chi connectivity index (χ1) is 12.1. The molecule has 0 saturated carbocycles. The summed E-state index contributed by atoms with van der Waals surface area (Å²) in [7, 11) is 0. The number of benzene rings is 3. The number of nitrogens with one attached hydrogen (secondary N) is 1. The highest BCUT2D eigenvalue weighted by Gasteiger charge is 2.05. The molecule has 0 aliphatic rings. The van der Waals surface area contributed by atoms with Gasteiger partial charge < -0.3 is 10.1 Å². The molecule has 0 heterocycles. The third-order valence-electron chi connectivity index (χ3n) is 3.74. The Morgan fingerprint density at radius 2 is 1.64 bits per heavy atom. The number of halogens is 1. The molecule has 0 aromatic heterocycles. The van der Waals surface area contributed by atoms with Crippen LogP contribution in [0.2, 0.25) is 5.02 Å². The highest BCUT2D eigenvalue weighted by atomic mass is 35.5. The van der Waals surface area contributed by atoms with E-state index in [0.717, 1.165) is 28.3 Å². The number of rotatable bonds is 5. The van der Waals surface area contributed by atoms with Crippen LogP contribution < -0.4 is 10.1 Å². The summed E-state index contributed by atoms with van der Waals surface area (Å²) in [6, 6.07) is 22.4. The van der Waals surface area contributed by atoms with Crippen LogP contribution in [0.5, 0.6) is 11.5 Å². The number of hydrogen-bond donors (Lipinski definition) is 1. The quantitative estimate of drug-likeness (QED) is 0.647. The summed E-state index contributed by atoms with van der Waals surface area (Å²) in [5.74, 6) is 1.47. The molecular weight excluding hydrogens is 334 g/mol. The van der Waals surface area contributed by atoms with Crippen LogP contribution in [-0.4, -0.2) is 5.91 Å². The number of hydrogen-bond acceptors (Lipinski definition) is 2. The Morgan fingerprint density at radius 3 is 2.32 bits per heavy atom. The van der Waals surface area contributed by atoms with E-state index in [1.807, 2.05) is 67.6 Å². The van der Waals surface area contributed by atoms with Crippen LogP contribution in [0.1, 0.15) is 11.1 Å². The average molecular weight is 352 g/mol. The van der Waals surface area contributed by atoms with E-state index >= 15 is 0 Å². The molecule has 0 saturated heterocycles. The fraction of sp³-hybridized carbons (Fsp3) is 0.0952. The summed E-state index contributed by atoms with van der Waals surface area (Å²) in [5, 5.41) is 3.54. The third kappa shape index (κ3) is 4.85. The van der Waals surface area contributed by atoms with Crippen molar-refractivity contribution in [1.29, 1.82) is 0 Å². The summed E-state index contributed by atoms with van der Waals surface area (Å²) < 4.78 is 5.85. The van der Waals surface area contributed by atoms with Crippen LogP contribution in [0.4, 0.5) is 5.69 Å². The van der Waals surface area contributed by atoms with Gasteiger partial charge in [0.05, 0.1) is 6.42 Å². The molecule has 1 amide bonds. The van der Waals surface area contributed by atoms with E-state index < -0.39 is 0 Å². The van der Waals surface area contributed by atoms with Crippen molar-refractivity contribution in [3.63, 3.8) is 0 Å². The highest BCUT2D eigenvalue weighted by Crippen LogP contribution is 2.25. The van der Waals surface area contributed by atoms with E-state index in [9.17, 15) is 4.79 Å². The monoisotopic (exact) mass is 351 g/mol. The average Bonchev–Trinajstić information content (AvgIpc) is 2.61. The number of para-hydroxylation sites is 1. The maximum absolute atomic E-state index is 12.1. The zero-order valence-electron chi connectivity index (χ0n) is 13.8. The predicted octanol–water partition coefficient (Wildman–Crippen LogP) is 5.62. The lowest BCUT2D eigenvalue weighted by molar-refractivity contribution is -0.115. The minimum Gasteiger partial charge on any atom is -0.457 e. The van der Waals surface area contributed by atoms with Crippen LogP contribution in [-0.2, 0) is 11.2 Å². The zero-order valence-corrected chi connectivity index (χ0v) is 14.6. The summed E-state index contributed by atoms with van der Waals surface area (Å²) in [6.07, 6.45) is 0.304. The van der Waals surface area contributed by atoms with Crippen molar-refractivity contribution in [3.05, 3.63) is 88.9 Å². The lowest BCUT2D eigenvalue weighted by Gasteiger charge is -2.10. The number of anilines is 1. The van der Waals surface area contributed by atoms with Gasteiger partial charge in [0, 0.05) is 10.7 Å². The van der Waals surface area contributed by atoms with Gasteiger partial charge in [-0.25, -0.2) is 0 Å². The van der Waals surface area contributed by atoms with Crippen molar-refractivity contribution in [2.75, 3.05) is 5.32 Å². The van der Waals surface area contributed by atoms with Crippen LogP contribution in [0.3, 0.4) is 0 Å². The second kappa shape index (κ2) is 7.86. The second-order valence-corrected chi connectivity index (χ2v) is 6.18. The summed E-state index contributed by atoms with van der Waals surface area (Å²) in [4.78, 5) is 12.1. The summed E-state index contributed by atoms with van der Waals surface area (Å²) in [5.41, 5.74) is 2.72. The molecule has 0 aliphatic heterocycles. The van der Waals surface area contributed by atoms with Crippen LogP contribution in [0.15, 0.2) is 72.8 Å². The van der Waals surface area contributed by atoms with E-state index in [4.69, 9.17) is 16.3 Å². The molecule has 0 aliphatic carbocycles. The normalized spacial score (nSPS) is 10.3. The molecule has 126 valence electrons. The second-order valence-electron chi connectivity index (χ2n) is 5.74. The lowest BCUT2D eigenvalue weighted by atomic mass is 10.1. The predicted molar refractivity (Wildman–Crippen MR) is 101 cm³/mol. The van der Waals surface area contributed by atoms with Gasteiger partial charge in [0.1, 0.15) is 11.5 Å². The van der Waals surface area contributed by atoms with E-state index in [1.165, 1.54) is 0 Å². The molecule has 0 spiro atoms. The number of aryl methyl sites for hydroxylation is 1.